The average molecular weight is 460 g/mol. The monoisotopic (exact) mass is 459 g/mol. The summed E-state index contributed by atoms with van der Waals surface area (Å²) in [6.45, 7) is 4.75. The summed E-state index contributed by atoms with van der Waals surface area (Å²) in [5, 5.41) is 7.82. The molecular weight excluding hydrogens is 429 g/mol. The quantitative estimate of drug-likeness (QED) is 0.506. The number of aromatic nitrogens is 2. The second-order valence-electron chi connectivity index (χ2n) is 8.66. The van der Waals surface area contributed by atoms with Crippen LogP contribution in [0, 0.1) is 11.2 Å². The third-order valence-electron chi connectivity index (χ3n) is 6.55. The maximum atomic E-state index is 13.6. The van der Waals surface area contributed by atoms with Crippen LogP contribution in [0.5, 0.6) is 5.75 Å². The Labute approximate surface area is 192 Å². The van der Waals surface area contributed by atoms with E-state index in [2.05, 4.69) is 5.32 Å². The second kappa shape index (κ2) is 9.91. The minimum Gasteiger partial charge on any atom is -0.494 e. The van der Waals surface area contributed by atoms with E-state index >= 15 is 0 Å². The lowest BCUT2D eigenvalue weighted by Gasteiger charge is -2.36. The van der Waals surface area contributed by atoms with E-state index in [0.717, 1.165) is 30.7 Å². The second-order valence-corrected chi connectivity index (χ2v) is 8.66. The highest BCUT2D eigenvalue weighted by atomic mass is 19.1. The van der Waals surface area contributed by atoms with E-state index < -0.39 is 11.8 Å². The van der Waals surface area contributed by atoms with Gasteiger partial charge in [-0.05, 0) is 49.3 Å². The molecule has 0 atom stereocenters. The summed E-state index contributed by atoms with van der Waals surface area (Å²) in [7, 11) is 1.34. The summed E-state index contributed by atoms with van der Waals surface area (Å²) >= 11 is 0. The van der Waals surface area contributed by atoms with E-state index in [9.17, 15) is 14.0 Å². The molecule has 2 aliphatic heterocycles. The molecule has 2 aromatic rings. The van der Waals surface area contributed by atoms with Crippen molar-refractivity contribution in [3.63, 3.8) is 0 Å². The molecule has 1 fully saturated rings. The van der Waals surface area contributed by atoms with Crippen molar-refractivity contribution >= 4 is 11.9 Å². The third kappa shape index (κ3) is 4.88. The van der Waals surface area contributed by atoms with Crippen LogP contribution in [0.4, 0.5) is 4.39 Å². The fourth-order valence-corrected chi connectivity index (χ4v) is 4.61. The zero-order valence-corrected chi connectivity index (χ0v) is 19.1. The summed E-state index contributed by atoms with van der Waals surface area (Å²) in [5.41, 5.74) is 2.65. The van der Waals surface area contributed by atoms with Crippen LogP contribution in [0.2, 0.25) is 0 Å². The van der Waals surface area contributed by atoms with Crippen molar-refractivity contribution in [2.24, 2.45) is 5.41 Å². The minimum absolute atomic E-state index is 0.00361. The van der Waals surface area contributed by atoms with Crippen LogP contribution in [0.3, 0.4) is 0 Å². The van der Waals surface area contributed by atoms with E-state index in [1.165, 1.54) is 25.3 Å². The lowest BCUT2D eigenvalue weighted by molar-refractivity contribution is 0.0152. The van der Waals surface area contributed by atoms with E-state index in [1.807, 2.05) is 11.6 Å². The molecule has 1 aromatic heterocycles. The predicted molar refractivity (Wildman–Crippen MR) is 118 cm³/mol. The molecule has 1 saturated heterocycles. The summed E-state index contributed by atoms with van der Waals surface area (Å²) in [4.78, 5) is 25.2. The molecule has 0 bridgehead atoms. The lowest BCUT2D eigenvalue weighted by atomic mass is 9.76. The molecule has 0 radical (unpaired) electrons. The highest BCUT2D eigenvalue weighted by Crippen LogP contribution is 2.37. The number of fused-ring (bicyclic) bond motifs is 1. The van der Waals surface area contributed by atoms with Crippen molar-refractivity contribution in [1.29, 1.82) is 0 Å². The molecule has 0 aliphatic carbocycles. The topological polar surface area (TPSA) is 91.7 Å². The first-order valence-corrected chi connectivity index (χ1v) is 11.4. The standard InChI is InChI=1S/C24H30FN3O5/c1-3-18-21-19(14-24(15-26-22(21)29)7-11-32-12-8-24)28(27-18)9-4-10-33-23(30)16-5-6-17(25)20(13-16)31-2/h5-6,13H,3-4,7-12,14-15H2,1-2H3,(H,26,29). The molecule has 0 unspecified atom stereocenters. The normalized spacial score (nSPS) is 17.2. The lowest BCUT2D eigenvalue weighted by Crippen LogP contribution is -2.40. The van der Waals surface area contributed by atoms with E-state index in [4.69, 9.17) is 19.3 Å². The van der Waals surface area contributed by atoms with Crippen LogP contribution in [0.1, 0.15) is 58.3 Å². The first kappa shape index (κ1) is 23.2. The van der Waals surface area contributed by atoms with Gasteiger partial charge in [-0.15, -0.1) is 0 Å². The first-order chi connectivity index (χ1) is 16.0. The number of esters is 1. The fraction of sp³-hybridized carbons (Fsp3) is 0.542. The number of rotatable bonds is 7. The molecular formula is C24H30FN3O5. The number of aryl methyl sites for hydroxylation is 2. The summed E-state index contributed by atoms with van der Waals surface area (Å²) in [6.07, 6.45) is 3.78. The summed E-state index contributed by atoms with van der Waals surface area (Å²) < 4.78 is 31.3. The van der Waals surface area contributed by atoms with Crippen molar-refractivity contribution in [2.75, 3.05) is 33.5 Å². The van der Waals surface area contributed by atoms with Crippen LogP contribution in [0.25, 0.3) is 0 Å². The first-order valence-electron chi connectivity index (χ1n) is 11.4. The molecule has 8 nitrogen and oxygen atoms in total. The number of hydrogen-bond acceptors (Lipinski definition) is 6. The molecule has 33 heavy (non-hydrogen) atoms. The smallest absolute Gasteiger partial charge is 0.338 e. The SMILES string of the molecule is CCc1nn(CCCOC(=O)c2ccc(F)c(OC)c2)c2c1C(=O)NCC1(CCOCC1)C2. The number of carbonyl (C=O) groups is 2. The zero-order valence-electron chi connectivity index (χ0n) is 19.1. The Bertz CT molecular complexity index is 1030. The Morgan fingerprint density at radius 2 is 2.12 bits per heavy atom. The van der Waals surface area contributed by atoms with Crippen LogP contribution in [-0.2, 0) is 28.9 Å². The predicted octanol–water partition coefficient (Wildman–Crippen LogP) is 2.92. The number of hydrogen-bond donors (Lipinski definition) is 1. The summed E-state index contributed by atoms with van der Waals surface area (Å²) in [6, 6.07) is 3.87. The number of nitrogens with one attached hydrogen (secondary N) is 1. The van der Waals surface area contributed by atoms with Crippen molar-refractivity contribution in [3.8, 4) is 5.75 Å². The molecule has 1 amide bonds. The van der Waals surface area contributed by atoms with Crippen molar-refractivity contribution in [1.82, 2.24) is 15.1 Å². The van der Waals surface area contributed by atoms with Gasteiger partial charge in [0.2, 0.25) is 0 Å². The van der Waals surface area contributed by atoms with Crippen molar-refractivity contribution < 1.29 is 28.2 Å². The Balaban J connectivity index is 1.43. The molecule has 1 N–H and O–H groups in total. The highest BCUT2D eigenvalue weighted by Gasteiger charge is 2.39. The zero-order chi connectivity index (χ0) is 23.4. The van der Waals surface area contributed by atoms with Crippen molar-refractivity contribution in [2.45, 2.75) is 45.6 Å². The molecule has 9 heteroatoms. The largest absolute Gasteiger partial charge is 0.494 e. The fourth-order valence-electron chi connectivity index (χ4n) is 4.61. The van der Waals surface area contributed by atoms with Crippen LogP contribution >= 0.6 is 0 Å². The minimum atomic E-state index is -0.539. The van der Waals surface area contributed by atoms with Crippen LogP contribution in [0.15, 0.2) is 18.2 Å². The average Bonchev–Trinajstić information content (AvgIpc) is 3.11. The molecule has 0 saturated carbocycles. The Kier molecular flexibility index (Phi) is 6.97. The van der Waals surface area contributed by atoms with Gasteiger partial charge in [-0.25, -0.2) is 9.18 Å². The maximum Gasteiger partial charge on any atom is 0.338 e. The van der Waals surface area contributed by atoms with Gasteiger partial charge in [0.25, 0.3) is 5.91 Å². The highest BCUT2D eigenvalue weighted by molar-refractivity contribution is 5.97. The number of amides is 1. The van der Waals surface area contributed by atoms with Gasteiger partial charge in [-0.3, -0.25) is 9.48 Å². The summed E-state index contributed by atoms with van der Waals surface area (Å²) in [5.74, 6) is -1.14. The molecule has 178 valence electrons. The van der Waals surface area contributed by atoms with Crippen molar-refractivity contribution in [3.05, 3.63) is 46.5 Å². The molecule has 3 heterocycles. The van der Waals surface area contributed by atoms with Gasteiger partial charge in [0, 0.05) is 32.7 Å². The number of carbonyl (C=O) groups excluding carboxylic acids is 2. The maximum absolute atomic E-state index is 13.6. The Morgan fingerprint density at radius 1 is 1.33 bits per heavy atom. The van der Waals surface area contributed by atoms with E-state index in [1.54, 1.807) is 0 Å². The van der Waals surface area contributed by atoms with Gasteiger partial charge >= 0.3 is 5.97 Å². The van der Waals surface area contributed by atoms with Gasteiger partial charge in [0.05, 0.1) is 36.2 Å². The number of ether oxygens (including phenoxy) is 3. The Morgan fingerprint density at radius 3 is 2.85 bits per heavy atom. The number of methoxy groups -OCH3 is 1. The molecule has 1 spiro atoms. The molecule has 1 aromatic carbocycles. The van der Waals surface area contributed by atoms with Crippen LogP contribution in [-0.4, -0.2) is 55.1 Å². The van der Waals surface area contributed by atoms with Gasteiger partial charge in [-0.1, -0.05) is 6.92 Å². The van der Waals surface area contributed by atoms with E-state index in [-0.39, 0.29) is 29.2 Å². The van der Waals surface area contributed by atoms with Gasteiger partial charge in [0.15, 0.2) is 11.6 Å². The number of benzene rings is 1. The number of halogens is 1. The van der Waals surface area contributed by atoms with E-state index in [0.29, 0.717) is 44.7 Å². The van der Waals surface area contributed by atoms with Gasteiger partial charge in [0.1, 0.15) is 0 Å². The molecule has 2 aliphatic rings. The Hall–Kier alpha value is -2.94. The van der Waals surface area contributed by atoms with Gasteiger partial charge in [-0.2, -0.15) is 5.10 Å². The van der Waals surface area contributed by atoms with Gasteiger partial charge < -0.3 is 19.5 Å². The van der Waals surface area contributed by atoms with Crippen LogP contribution < -0.4 is 10.1 Å². The third-order valence-corrected chi connectivity index (χ3v) is 6.55. The molecule has 4 rings (SSSR count). The number of nitrogens with zero attached hydrogens (tertiary/aromatic N) is 2.